The van der Waals surface area contributed by atoms with E-state index in [4.69, 9.17) is 10.9 Å². The zero-order chi connectivity index (χ0) is 13.5. The third-order valence-electron chi connectivity index (χ3n) is 2.44. The number of rotatable bonds is 8. The summed E-state index contributed by atoms with van der Waals surface area (Å²) in [7, 11) is -3.50. The summed E-state index contributed by atoms with van der Waals surface area (Å²) in [4.78, 5) is 0. The summed E-state index contributed by atoms with van der Waals surface area (Å²) in [6, 6.07) is -0.364. The lowest BCUT2D eigenvalue weighted by Gasteiger charge is -2.23. The van der Waals surface area contributed by atoms with Gasteiger partial charge in [0.05, 0.1) is 0 Å². The normalized spacial score (nSPS) is 15.2. The van der Waals surface area contributed by atoms with E-state index in [0.717, 1.165) is 0 Å². The Kier molecular flexibility index (Phi) is 7.09. The molecular formula is C9H22N4O3S. The van der Waals surface area contributed by atoms with Gasteiger partial charge >= 0.3 is 0 Å². The highest BCUT2D eigenvalue weighted by Crippen LogP contribution is 2.04. The lowest BCUT2D eigenvalue weighted by molar-refractivity contribution is 0.315. The molecule has 0 radical (unpaired) electrons. The second kappa shape index (κ2) is 7.46. The topological polar surface area (TPSA) is 108 Å². The van der Waals surface area contributed by atoms with E-state index >= 15 is 0 Å². The monoisotopic (exact) mass is 266 g/mol. The average Bonchev–Trinajstić information content (AvgIpc) is 2.28. The highest BCUT2D eigenvalue weighted by Gasteiger charge is 2.22. The van der Waals surface area contributed by atoms with Crippen LogP contribution in [0.25, 0.3) is 0 Å². The highest BCUT2D eigenvalue weighted by atomic mass is 32.2. The lowest BCUT2D eigenvalue weighted by Crippen LogP contribution is -2.46. The van der Waals surface area contributed by atoms with Crippen LogP contribution >= 0.6 is 0 Å². The Morgan fingerprint density at radius 1 is 1.41 bits per heavy atom. The molecule has 0 aliphatic heterocycles. The highest BCUT2D eigenvalue weighted by molar-refractivity contribution is 7.87. The van der Waals surface area contributed by atoms with Crippen molar-refractivity contribution in [1.29, 1.82) is 0 Å². The summed E-state index contributed by atoms with van der Waals surface area (Å²) in [5.74, 6) is 0.0131. The van der Waals surface area contributed by atoms with E-state index in [1.165, 1.54) is 4.31 Å². The van der Waals surface area contributed by atoms with E-state index in [1.807, 2.05) is 6.92 Å². The number of amidine groups is 1. The predicted molar refractivity (Wildman–Crippen MR) is 67.1 cm³/mol. The molecular weight excluding hydrogens is 244 g/mol. The fourth-order valence-corrected chi connectivity index (χ4v) is 2.91. The first-order valence-electron chi connectivity index (χ1n) is 5.64. The van der Waals surface area contributed by atoms with E-state index < -0.39 is 10.2 Å². The standard InChI is InChI=1S/C9H22N4O3S/c1-4-8(7-9(10)11-14)12-17(15,16)13(5-2)6-3/h8,12,14H,4-7H2,1-3H3,(H2,10,11). The van der Waals surface area contributed by atoms with Crippen molar-refractivity contribution in [3.63, 3.8) is 0 Å². The van der Waals surface area contributed by atoms with Gasteiger partial charge in [-0.1, -0.05) is 25.9 Å². The molecule has 0 fully saturated rings. The number of hydrogen-bond donors (Lipinski definition) is 3. The van der Waals surface area contributed by atoms with Crippen LogP contribution in [0, 0.1) is 0 Å². The van der Waals surface area contributed by atoms with Crippen molar-refractivity contribution >= 4 is 16.0 Å². The summed E-state index contributed by atoms with van der Waals surface area (Å²) >= 11 is 0. The second-order valence-electron chi connectivity index (χ2n) is 3.61. The molecule has 0 bridgehead atoms. The molecule has 0 aliphatic rings. The first kappa shape index (κ1) is 16.1. The Morgan fingerprint density at radius 2 is 1.94 bits per heavy atom. The Hall–Kier alpha value is -0.860. The van der Waals surface area contributed by atoms with Crippen LogP contribution in [0.1, 0.15) is 33.6 Å². The molecule has 1 atom stereocenters. The molecule has 0 saturated heterocycles. The zero-order valence-corrected chi connectivity index (χ0v) is 11.4. The minimum absolute atomic E-state index is 0.0131. The van der Waals surface area contributed by atoms with Gasteiger partial charge in [0.2, 0.25) is 0 Å². The molecule has 0 aromatic carbocycles. The Bertz CT molecular complexity index is 338. The van der Waals surface area contributed by atoms with Crippen LogP contribution < -0.4 is 10.5 Å². The van der Waals surface area contributed by atoms with Gasteiger partial charge in [-0.3, -0.25) is 0 Å². The number of hydrogen-bond acceptors (Lipinski definition) is 4. The van der Waals surface area contributed by atoms with Gasteiger partial charge in [0.25, 0.3) is 10.2 Å². The molecule has 0 saturated carbocycles. The van der Waals surface area contributed by atoms with Crippen molar-refractivity contribution in [2.24, 2.45) is 10.9 Å². The molecule has 0 aliphatic carbocycles. The Balaban J connectivity index is 4.66. The van der Waals surface area contributed by atoms with Gasteiger partial charge in [0.15, 0.2) is 0 Å². The van der Waals surface area contributed by atoms with Crippen molar-refractivity contribution < 1.29 is 13.6 Å². The predicted octanol–water partition coefficient (Wildman–Crippen LogP) is 0.0777. The van der Waals surface area contributed by atoms with E-state index in [0.29, 0.717) is 19.5 Å². The maximum Gasteiger partial charge on any atom is 0.279 e. The minimum atomic E-state index is -3.50. The molecule has 7 nitrogen and oxygen atoms in total. The Labute approximate surface area is 103 Å². The van der Waals surface area contributed by atoms with Gasteiger partial charge < -0.3 is 10.9 Å². The van der Waals surface area contributed by atoms with E-state index in [2.05, 4.69) is 9.88 Å². The first-order valence-corrected chi connectivity index (χ1v) is 7.08. The molecule has 0 heterocycles. The van der Waals surface area contributed by atoms with Crippen molar-refractivity contribution in [3.8, 4) is 0 Å². The van der Waals surface area contributed by atoms with Crippen LogP contribution in [0.15, 0.2) is 5.16 Å². The molecule has 0 aromatic rings. The quantitative estimate of drug-likeness (QED) is 0.250. The van der Waals surface area contributed by atoms with E-state index in [9.17, 15) is 8.42 Å². The number of oxime groups is 1. The summed E-state index contributed by atoms with van der Waals surface area (Å²) in [5.41, 5.74) is 5.36. The SMILES string of the molecule is CCC(CC(N)=NO)NS(=O)(=O)N(CC)CC. The van der Waals surface area contributed by atoms with Gasteiger partial charge in [-0.05, 0) is 6.42 Å². The lowest BCUT2D eigenvalue weighted by atomic mass is 10.1. The average molecular weight is 266 g/mol. The molecule has 17 heavy (non-hydrogen) atoms. The molecule has 1 unspecified atom stereocenters. The van der Waals surface area contributed by atoms with Gasteiger partial charge in [-0.15, -0.1) is 0 Å². The second-order valence-corrected chi connectivity index (χ2v) is 5.31. The van der Waals surface area contributed by atoms with Crippen LogP contribution in [-0.2, 0) is 10.2 Å². The largest absolute Gasteiger partial charge is 0.409 e. The maximum atomic E-state index is 11.9. The summed E-state index contributed by atoms with van der Waals surface area (Å²) in [6.45, 7) is 6.19. The molecule has 102 valence electrons. The van der Waals surface area contributed by atoms with Crippen LogP contribution in [0.2, 0.25) is 0 Å². The third-order valence-corrected chi connectivity index (χ3v) is 4.27. The minimum Gasteiger partial charge on any atom is -0.409 e. The molecule has 0 aromatic heterocycles. The van der Waals surface area contributed by atoms with Crippen molar-refractivity contribution in [3.05, 3.63) is 0 Å². The molecule has 0 rings (SSSR count). The fraction of sp³-hybridized carbons (Fsp3) is 0.889. The zero-order valence-electron chi connectivity index (χ0n) is 10.5. The molecule has 0 spiro atoms. The Morgan fingerprint density at radius 3 is 2.29 bits per heavy atom. The smallest absolute Gasteiger partial charge is 0.279 e. The summed E-state index contributed by atoms with van der Waals surface area (Å²) in [6.07, 6.45) is 0.754. The van der Waals surface area contributed by atoms with Gasteiger partial charge in [0.1, 0.15) is 5.84 Å². The van der Waals surface area contributed by atoms with Gasteiger partial charge in [-0.25, -0.2) is 0 Å². The first-order chi connectivity index (χ1) is 7.91. The van der Waals surface area contributed by atoms with E-state index in [-0.39, 0.29) is 18.3 Å². The maximum absolute atomic E-state index is 11.9. The van der Waals surface area contributed by atoms with Crippen LogP contribution in [0.5, 0.6) is 0 Å². The van der Waals surface area contributed by atoms with Crippen molar-refractivity contribution in [2.75, 3.05) is 13.1 Å². The summed E-state index contributed by atoms with van der Waals surface area (Å²) < 4.78 is 27.7. The third kappa shape index (κ3) is 5.33. The number of nitrogens with zero attached hydrogens (tertiary/aromatic N) is 2. The van der Waals surface area contributed by atoms with Crippen molar-refractivity contribution in [2.45, 2.75) is 39.7 Å². The van der Waals surface area contributed by atoms with E-state index in [1.54, 1.807) is 13.8 Å². The van der Waals surface area contributed by atoms with Crippen molar-refractivity contribution in [1.82, 2.24) is 9.03 Å². The van der Waals surface area contributed by atoms with Gasteiger partial charge in [-0.2, -0.15) is 17.4 Å². The number of nitrogens with two attached hydrogens (primary N) is 1. The number of nitrogens with one attached hydrogen (secondary N) is 1. The van der Waals surface area contributed by atoms with Crippen LogP contribution in [-0.4, -0.2) is 42.9 Å². The van der Waals surface area contributed by atoms with Gasteiger partial charge in [0, 0.05) is 25.6 Å². The van der Waals surface area contributed by atoms with Crippen LogP contribution in [0.4, 0.5) is 0 Å². The summed E-state index contributed by atoms with van der Waals surface area (Å²) in [5, 5.41) is 11.3. The molecule has 4 N–H and O–H groups in total. The van der Waals surface area contributed by atoms with Crippen LogP contribution in [0.3, 0.4) is 0 Å². The fourth-order valence-electron chi connectivity index (χ4n) is 1.41. The molecule has 8 heteroatoms. The molecule has 0 amide bonds.